The van der Waals surface area contributed by atoms with Crippen LogP contribution >= 0.6 is 0 Å². The number of hydrogen-bond donors (Lipinski definition) is 1. The maximum atomic E-state index is 4.06. The molecule has 0 aromatic heterocycles. The maximum absolute atomic E-state index is 4.06. The Hall–Kier alpha value is -0.0400. The number of rotatable bonds is 3. The van der Waals surface area contributed by atoms with Gasteiger partial charge < -0.3 is 5.32 Å². The summed E-state index contributed by atoms with van der Waals surface area (Å²) in [6.45, 7) is 0. The molecule has 0 heterocycles. The summed E-state index contributed by atoms with van der Waals surface area (Å²) in [6, 6.07) is 0.928. The lowest BCUT2D eigenvalue weighted by atomic mass is 9.94. The van der Waals surface area contributed by atoms with E-state index in [1.165, 1.54) is 38.5 Å². The minimum absolute atomic E-state index is 0.676. The first-order chi connectivity index (χ1) is 6.86. The number of hydrogen-bond acceptors (Lipinski definition) is 1. The molecule has 3 atom stereocenters. The third-order valence-electron chi connectivity index (χ3n) is 5.36. The zero-order valence-electron chi connectivity index (χ0n) is 8.97. The Morgan fingerprint density at radius 3 is 2.29 bits per heavy atom. The van der Waals surface area contributed by atoms with E-state index < -0.39 is 0 Å². The first kappa shape index (κ1) is 8.15. The van der Waals surface area contributed by atoms with Gasteiger partial charge in [-0.1, -0.05) is 6.42 Å². The molecule has 0 aromatic carbocycles. The number of nitrogens with one attached hydrogen (secondary N) is 1. The second kappa shape index (κ2) is 2.55. The van der Waals surface area contributed by atoms with E-state index in [4.69, 9.17) is 0 Å². The van der Waals surface area contributed by atoms with Gasteiger partial charge >= 0.3 is 0 Å². The van der Waals surface area contributed by atoms with Crippen molar-refractivity contribution in [2.45, 2.75) is 62.9 Å². The molecule has 14 heavy (non-hydrogen) atoms. The zero-order chi connectivity index (χ0) is 9.17. The smallest absolute Gasteiger partial charge is 0.0213 e. The molecule has 0 amide bonds. The van der Waals surface area contributed by atoms with Crippen molar-refractivity contribution < 1.29 is 0 Å². The molecule has 4 rings (SSSR count). The molecule has 3 unspecified atom stereocenters. The molecule has 0 saturated heterocycles. The molecule has 4 aliphatic rings. The first-order valence-corrected chi connectivity index (χ1v) is 6.63. The van der Waals surface area contributed by atoms with Crippen LogP contribution in [0.1, 0.15) is 51.4 Å². The van der Waals surface area contributed by atoms with Crippen molar-refractivity contribution in [1.29, 1.82) is 0 Å². The molecule has 4 saturated carbocycles. The highest BCUT2D eigenvalue weighted by Gasteiger charge is 2.56. The lowest BCUT2D eigenvalue weighted by Gasteiger charge is -2.28. The monoisotopic (exact) mass is 191 g/mol. The van der Waals surface area contributed by atoms with Gasteiger partial charge in [0.2, 0.25) is 0 Å². The van der Waals surface area contributed by atoms with Crippen molar-refractivity contribution in [1.82, 2.24) is 5.32 Å². The fraction of sp³-hybridized carbons (Fsp3) is 1.00. The van der Waals surface area contributed by atoms with Crippen molar-refractivity contribution in [2.75, 3.05) is 0 Å². The van der Waals surface area contributed by atoms with Crippen LogP contribution in [0.5, 0.6) is 0 Å². The summed E-state index contributed by atoms with van der Waals surface area (Å²) in [5.41, 5.74) is 0.676. The lowest BCUT2D eigenvalue weighted by molar-refractivity contribution is 0.291. The van der Waals surface area contributed by atoms with Gasteiger partial charge in [-0.3, -0.25) is 0 Å². The van der Waals surface area contributed by atoms with Gasteiger partial charge in [0.25, 0.3) is 0 Å². The molecule has 1 nitrogen and oxygen atoms in total. The highest BCUT2D eigenvalue weighted by molar-refractivity contribution is 5.13. The summed E-state index contributed by atoms with van der Waals surface area (Å²) in [5.74, 6) is 3.25. The SMILES string of the molecule is C1CC2CC1CC2NC1(C2CC2)CC1. The van der Waals surface area contributed by atoms with Crippen molar-refractivity contribution in [3.63, 3.8) is 0 Å². The van der Waals surface area contributed by atoms with E-state index in [0.717, 1.165) is 23.8 Å². The van der Waals surface area contributed by atoms with Crippen LogP contribution in [0.25, 0.3) is 0 Å². The van der Waals surface area contributed by atoms with Crippen LogP contribution in [-0.2, 0) is 0 Å². The summed E-state index contributed by atoms with van der Waals surface area (Å²) in [5, 5.41) is 4.06. The molecule has 1 heteroatoms. The quantitative estimate of drug-likeness (QED) is 0.723. The van der Waals surface area contributed by atoms with Gasteiger partial charge in [0.1, 0.15) is 0 Å². The van der Waals surface area contributed by atoms with Gasteiger partial charge in [-0.15, -0.1) is 0 Å². The van der Waals surface area contributed by atoms with Crippen LogP contribution in [0.3, 0.4) is 0 Å². The van der Waals surface area contributed by atoms with E-state index in [0.29, 0.717) is 5.54 Å². The second-order valence-corrected chi connectivity index (χ2v) is 6.36. The summed E-state index contributed by atoms with van der Waals surface area (Å²) in [7, 11) is 0. The van der Waals surface area contributed by atoms with Gasteiger partial charge in [0, 0.05) is 11.6 Å². The van der Waals surface area contributed by atoms with Gasteiger partial charge in [-0.2, -0.15) is 0 Å². The van der Waals surface area contributed by atoms with E-state index in [1.807, 2.05) is 0 Å². The van der Waals surface area contributed by atoms with Crippen LogP contribution < -0.4 is 5.32 Å². The zero-order valence-corrected chi connectivity index (χ0v) is 8.97. The summed E-state index contributed by atoms with van der Waals surface area (Å²) >= 11 is 0. The van der Waals surface area contributed by atoms with Crippen molar-refractivity contribution in [3.05, 3.63) is 0 Å². The minimum Gasteiger partial charge on any atom is -0.308 e. The summed E-state index contributed by atoms with van der Waals surface area (Å²) in [6.07, 6.45) is 12.2. The van der Waals surface area contributed by atoms with Crippen molar-refractivity contribution >= 4 is 0 Å². The molecular formula is C13H21N. The molecule has 4 fully saturated rings. The molecule has 0 aliphatic heterocycles. The second-order valence-electron chi connectivity index (χ2n) is 6.36. The molecule has 0 radical (unpaired) electrons. The average molecular weight is 191 g/mol. The molecule has 4 aliphatic carbocycles. The van der Waals surface area contributed by atoms with Crippen LogP contribution in [0.15, 0.2) is 0 Å². The largest absolute Gasteiger partial charge is 0.308 e. The Labute approximate surface area is 86.6 Å². The standard InChI is InChI=1S/C13H21N/c1-2-10-7-9(1)8-12(10)14-13(5-6-13)11-3-4-11/h9-12,14H,1-8H2. The van der Waals surface area contributed by atoms with Crippen molar-refractivity contribution in [3.8, 4) is 0 Å². The van der Waals surface area contributed by atoms with E-state index in [2.05, 4.69) is 5.32 Å². The van der Waals surface area contributed by atoms with E-state index >= 15 is 0 Å². The average Bonchev–Trinajstić information content (AvgIpc) is 3.07. The fourth-order valence-corrected chi connectivity index (χ4v) is 4.23. The van der Waals surface area contributed by atoms with Crippen LogP contribution in [0.2, 0.25) is 0 Å². The van der Waals surface area contributed by atoms with E-state index in [9.17, 15) is 0 Å². The van der Waals surface area contributed by atoms with Gasteiger partial charge in [0.15, 0.2) is 0 Å². The predicted octanol–water partition coefficient (Wildman–Crippen LogP) is 2.71. The van der Waals surface area contributed by atoms with Crippen molar-refractivity contribution in [2.24, 2.45) is 17.8 Å². The molecule has 0 aromatic rings. The Kier molecular flexibility index (Phi) is 1.49. The van der Waals surface area contributed by atoms with Gasteiger partial charge in [0.05, 0.1) is 0 Å². The summed E-state index contributed by atoms with van der Waals surface area (Å²) < 4.78 is 0. The maximum Gasteiger partial charge on any atom is 0.0213 e. The third-order valence-corrected chi connectivity index (χ3v) is 5.36. The Morgan fingerprint density at radius 2 is 1.79 bits per heavy atom. The predicted molar refractivity (Wildman–Crippen MR) is 57.1 cm³/mol. The van der Waals surface area contributed by atoms with Crippen LogP contribution in [0.4, 0.5) is 0 Å². The molecule has 78 valence electrons. The molecule has 1 N–H and O–H groups in total. The highest BCUT2D eigenvalue weighted by atomic mass is 15.1. The van der Waals surface area contributed by atoms with Gasteiger partial charge in [-0.25, -0.2) is 0 Å². The topological polar surface area (TPSA) is 12.0 Å². The summed E-state index contributed by atoms with van der Waals surface area (Å²) in [4.78, 5) is 0. The van der Waals surface area contributed by atoms with Crippen LogP contribution in [0, 0.1) is 17.8 Å². The fourth-order valence-electron chi connectivity index (χ4n) is 4.23. The molecule has 0 spiro atoms. The van der Waals surface area contributed by atoms with E-state index in [1.54, 1.807) is 12.8 Å². The van der Waals surface area contributed by atoms with E-state index in [-0.39, 0.29) is 0 Å². The molecule has 2 bridgehead atoms. The normalized spacial score (nSPS) is 48.4. The highest BCUT2D eigenvalue weighted by Crippen LogP contribution is 2.55. The Bertz CT molecular complexity index is 252. The van der Waals surface area contributed by atoms with Gasteiger partial charge in [-0.05, 0) is 62.7 Å². The van der Waals surface area contributed by atoms with Crippen LogP contribution in [-0.4, -0.2) is 11.6 Å². The Balaban J connectivity index is 1.45. The molecular weight excluding hydrogens is 170 g/mol. The third kappa shape index (κ3) is 1.11. The Morgan fingerprint density at radius 1 is 0.929 bits per heavy atom. The minimum atomic E-state index is 0.676. The number of fused-ring (bicyclic) bond motifs is 2. The lowest BCUT2D eigenvalue weighted by Crippen LogP contribution is -2.44. The first-order valence-electron chi connectivity index (χ1n) is 6.63.